The molecule has 0 bridgehead atoms. The van der Waals surface area contributed by atoms with Gasteiger partial charge in [0.15, 0.2) is 0 Å². The van der Waals surface area contributed by atoms with Crippen LogP contribution in [-0.2, 0) is 6.42 Å². The minimum atomic E-state index is 0.361. The molecule has 0 nitrogen and oxygen atoms in total. The van der Waals surface area contributed by atoms with Crippen LogP contribution in [0.1, 0.15) is 30.0 Å². The molecule has 0 saturated heterocycles. The fraction of sp³-hybridized carbons (Fsp3) is 0.294. The zero-order chi connectivity index (χ0) is 11.8. The summed E-state index contributed by atoms with van der Waals surface area (Å²) in [6, 6.07) is 6.78. The summed E-state index contributed by atoms with van der Waals surface area (Å²) in [5, 5.41) is 0. The molecule has 3 rings (SSSR count). The van der Waals surface area contributed by atoms with Crippen LogP contribution in [0.5, 0.6) is 0 Å². The van der Waals surface area contributed by atoms with Crippen LogP contribution in [0.3, 0.4) is 0 Å². The van der Waals surface area contributed by atoms with Gasteiger partial charge in [0, 0.05) is 12.3 Å². The number of fused-ring (bicyclic) bond motifs is 3. The molecule has 0 fully saturated rings. The predicted octanol–water partition coefficient (Wildman–Crippen LogP) is 3.90. The van der Waals surface area contributed by atoms with Crippen LogP contribution in [-0.4, -0.2) is 0 Å². The quantitative estimate of drug-likeness (QED) is 0.582. The van der Waals surface area contributed by atoms with Crippen LogP contribution >= 0.6 is 0 Å². The Balaban J connectivity index is 2.17. The van der Waals surface area contributed by atoms with Crippen molar-refractivity contribution in [2.24, 2.45) is 5.92 Å². The van der Waals surface area contributed by atoms with Gasteiger partial charge < -0.3 is 0 Å². The van der Waals surface area contributed by atoms with E-state index in [0.29, 0.717) is 5.92 Å². The summed E-state index contributed by atoms with van der Waals surface area (Å²) in [6.45, 7) is 4.34. The maximum atomic E-state index is 3.27. The van der Waals surface area contributed by atoms with Crippen LogP contribution < -0.4 is 0 Å². The van der Waals surface area contributed by atoms with E-state index in [1.807, 2.05) is 0 Å². The molecule has 0 aliphatic heterocycles. The lowest BCUT2D eigenvalue weighted by Crippen LogP contribution is -1.91. The average Bonchev–Trinajstić information content (AvgIpc) is 2.60. The van der Waals surface area contributed by atoms with E-state index in [0.717, 1.165) is 12.8 Å². The van der Waals surface area contributed by atoms with Crippen molar-refractivity contribution in [2.75, 3.05) is 0 Å². The monoisotopic (exact) mass is 220 g/mol. The summed E-state index contributed by atoms with van der Waals surface area (Å²) in [6.07, 6.45) is 6.59. The number of hydrogen-bond acceptors (Lipinski definition) is 0. The van der Waals surface area contributed by atoms with Gasteiger partial charge in [-0.2, -0.15) is 0 Å². The highest BCUT2D eigenvalue weighted by atomic mass is 14.3. The summed E-state index contributed by atoms with van der Waals surface area (Å²) >= 11 is 0. The first-order valence-electron chi connectivity index (χ1n) is 6.23. The first kappa shape index (κ1) is 10.4. The standard InChI is InChI=1S/C17H16/c1-12-5-3-4-6-14-11-15-8-7-13(2)10-17(15)16(14)9-12/h6-10,12H,4,11H2,1-2H3/b14-6-,16-9+. The first-order chi connectivity index (χ1) is 8.24. The summed E-state index contributed by atoms with van der Waals surface area (Å²) in [5.74, 6) is 6.85. The molecular weight excluding hydrogens is 204 g/mol. The number of benzene rings is 1. The number of aryl methyl sites for hydroxylation is 1. The zero-order valence-electron chi connectivity index (χ0n) is 10.4. The second kappa shape index (κ2) is 3.93. The van der Waals surface area contributed by atoms with E-state index in [2.05, 4.69) is 56.0 Å². The lowest BCUT2D eigenvalue weighted by Gasteiger charge is -2.07. The molecule has 0 amide bonds. The van der Waals surface area contributed by atoms with E-state index in [1.165, 1.54) is 27.8 Å². The lowest BCUT2D eigenvalue weighted by atomic mass is 9.97. The van der Waals surface area contributed by atoms with Crippen molar-refractivity contribution < 1.29 is 0 Å². The topological polar surface area (TPSA) is 0 Å². The third-order valence-corrected chi connectivity index (χ3v) is 3.48. The van der Waals surface area contributed by atoms with Gasteiger partial charge in [0.05, 0.1) is 0 Å². The molecule has 0 heterocycles. The van der Waals surface area contributed by atoms with Crippen molar-refractivity contribution in [3.05, 3.63) is 52.6 Å². The van der Waals surface area contributed by atoms with E-state index in [9.17, 15) is 0 Å². The van der Waals surface area contributed by atoms with Crippen LogP contribution in [0.15, 0.2) is 35.9 Å². The largest absolute Gasteiger partial charge is 0.0985 e. The fourth-order valence-electron chi connectivity index (χ4n) is 2.63. The molecule has 0 saturated carbocycles. The maximum Gasteiger partial charge on any atom is 0.0363 e. The van der Waals surface area contributed by atoms with Crippen LogP contribution in [0.4, 0.5) is 0 Å². The SMILES string of the molecule is Cc1ccc2c(c1)C1=C/C(C)C#CC/C=C\1C2. The Bertz CT molecular complexity index is 588. The Kier molecular flexibility index (Phi) is 2.41. The molecule has 0 spiro atoms. The van der Waals surface area contributed by atoms with Gasteiger partial charge in [0.2, 0.25) is 0 Å². The summed E-state index contributed by atoms with van der Waals surface area (Å²) < 4.78 is 0. The van der Waals surface area contributed by atoms with Gasteiger partial charge >= 0.3 is 0 Å². The molecule has 0 N–H and O–H groups in total. The van der Waals surface area contributed by atoms with Crippen LogP contribution in [0.2, 0.25) is 0 Å². The van der Waals surface area contributed by atoms with Gasteiger partial charge in [-0.25, -0.2) is 0 Å². The Labute approximate surface area is 103 Å². The first-order valence-corrected chi connectivity index (χ1v) is 6.23. The molecule has 2 aliphatic rings. The molecule has 1 atom stereocenters. The molecule has 0 heteroatoms. The number of hydrogen-bond donors (Lipinski definition) is 0. The van der Waals surface area contributed by atoms with E-state index in [4.69, 9.17) is 0 Å². The van der Waals surface area contributed by atoms with Crippen LogP contribution in [0, 0.1) is 24.7 Å². The molecule has 1 unspecified atom stereocenters. The molecule has 0 radical (unpaired) electrons. The van der Waals surface area contributed by atoms with Crippen LogP contribution in [0.25, 0.3) is 5.57 Å². The number of allylic oxidation sites excluding steroid dienone is 4. The Morgan fingerprint density at radius 2 is 2.18 bits per heavy atom. The van der Waals surface area contributed by atoms with Gasteiger partial charge in [0.25, 0.3) is 0 Å². The zero-order valence-corrected chi connectivity index (χ0v) is 10.4. The highest BCUT2D eigenvalue weighted by molar-refractivity contribution is 5.86. The summed E-state index contributed by atoms with van der Waals surface area (Å²) in [7, 11) is 0. The Morgan fingerprint density at radius 3 is 3.06 bits per heavy atom. The van der Waals surface area contributed by atoms with E-state index in [1.54, 1.807) is 0 Å². The maximum absolute atomic E-state index is 3.27. The van der Waals surface area contributed by atoms with Gasteiger partial charge in [-0.15, -0.1) is 0 Å². The predicted molar refractivity (Wildman–Crippen MR) is 72.5 cm³/mol. The average molecular weight is 220 g/mol. The summed E-state index contributed by atoms with van der Waals surface area (Å²) in [4.78, 5) is 0. The van der Waals surface area contributed by atoms with Crippen molar-refractivity contribution in [2.45, 2.75) is 26.7 Å². The van der Waals surface area contributed by atoms with Crippen molar-refractivity contribution in [3.8, 4) is 11.8 Å². The fourth-order valence-corrected chi connectivity index (χ4v) is 2.63. The highest BCUT2D eigenvalue weighted by Crippen LogP contribution is 2.38. The van der Waals surface area contributed by atoms with Crippen molar-refractivity contribution in [1.82, 2.24) is 0 Å². The van der Waals surface area contributed by atoms with Crippen molar-refractivity contribution >= 4 is 5.57 Å². The molecule has 0 aromatic heterocycles. The normalized spacial score (nSPS) is 27.3. The molecule has 84 valence electrons. The molecule has 17 heavy (non-hydrogen) atoms. The third-order valence-electron chi connectivity index (χ3n) is 3.48. The minimum Gasteiger partial charge on any atom is -0.0985 e. The lowest BCUT2D eigenvalue weighted by molar-refractivity contribution is 0.977. The third kappa shape index (κ3) is 1.83. The number of rotatable bonds is 0. The van der Waals surface area contributed by atoms with E-state index >= 15 is 0 Å². The summed E-state index contributed by atoms with van der Waals surface area (Å²) in [5.41, 5.74) is 7.11. The minimum absolute atomic E-state index is 0.361. The van der Waals surface area contributed by atoms with Gasteiger partial charge in [0.1, 0.15) is 0 Å². The second-order valence-corrected chi connectivity index (χ2v) is 4.96. The molecule has 2 aliphatic carbocycles. The smallest absolute Gasteiger partial charge is 0.0363 e. The van der Waals surface area contributed by atoms with Gasteiger partial charge in [-0.1, -0.05) is 47.8 Å². The van der Waals surface area contributed by atoms with Gasteiger partial charge in [-0.05, 0) is 42.5 Å². The molecule has 1 aromatic rings. The Morgan fingerprint density at radius 1 is 1.29 bits per heavy atom. The Hall–Kier alpha value is -1.74. The highest BCUT2D eigenvalue weighted by Gasteiger charge is 2.21. The molecular formula is C17H16. The van der Waals surface area contributed by atoms with Crippen molar-refractivity contribution in [1.29, 1.82) is 0 Å². The van der Waals surface area contributed by atoms with Crippen molar-refractivity contribution in [3.63, 3.8) is 0 Å². The second-order valence-electron chi connectivity index (χ2n) is 4.96. The van der Waals surface area contributed by atoms with E-state index in [-0.39, 0.29) is 0 Å². The molecule has 1 aromatic carbocycles. The van der Waals surface area contributed by atoms with E-state index < -0.39 is 0 Å². The van der Waals surface area contributed by atoms with Gasteiger partial charge in [-0.3, -0.25) is 0 Å².